The lowest BCUT2D eigenvalue weighted by Crippen LogP contribution is -2.34. The van der Waals surface area contributed by atoms with E-state index in [1.54, 1.807) is 20.8 Å². The normalized spacial score (nSPS) is 11.2. The van der Waals surface area contributed by atoms with E-state index in [4.69, 9.17) is 5.14 Å². The van der Waals surface area contributed by atoms with Crippen LogP contribution >= 0.6 is 0 Å². The molecule has 6 radical (unpaired) electrons. The van der Waals surface area contributed by atoms with E-state index in [0.717, 1.165) is 0 Å². The Morgan fingerprint density at radius 2 is 1.20 bits per heavy atom. The van der Waals surface area contributed by atoms with Crippen LogP contribution in [0.15, 0.2) is 0 Å². The van der Waals surface area contributed by atoms with E-state index in [0.29, 0.717) is 0 Å². The van der Waals surface area contributed by atoms with Crippen molar-refractivity contribution in [2.75, 3.05) is 0 Å². The Morgan fingerprint density at radius 1 is 1.10 bits per heavy atom. The Kier molecular flexibility index (Phi) is 6.36. The number of sulfonamides is 1. The van der Waals surface area contributed by atoms with Gasteiger partial charge in [0.15, 0.2) is 0 Å². The zero-order valence-electron chi connectivity index (χ0n) is 6.20. The molecule has 0 aliphatic heterocycles. The van der Waals surface area contributed by atoms with Gasteiger partial charge in [0, 0.05) is 12.3 Å². The third-order valence-corrected chi connectivity index (χ3v) is 2.56. The number of nitrogens with two attached hydrogens (primary N) is 1. The number of rotatable bonds is 0. The van der Waals surface area contributed by atoms with E-state index in [-0.39, 0.29) is 12.3 Å². The summed E-state index contributed by atoms with van der Waals surface area (Å²) in [5, 5.41) is 4.78. The van der Waals surface area contributed by atoms with Crippen molar-refractivity contribution in [3.63, 3.8) is 0 Å². The molecule has 0 rings (SSSR count). The van der Waals surface area contributed by atoms with Crippen LogP contribution in [0.5, 0.6) is 0 Å². The van der Waals surface area contributed by atoms with Crippen molar-refractivity contribution in [3.8, 4) is 0 Å². The maximum atomic E-state index is 10.4. The van der Waals surface area contributed by atoms with Crippen LogP contribution in [0.3, 0.4) is 0 Å². The Labute approximate surface area is 62.2 Å². The molecule has 0 bridgehead atoms. The molecule has 0 saturated carbocycles. The summed E-state index contributed by atoms with van der Waals surface area (Å²) in [4.78, 5) is 0. The fourth-order valence-corrected chi connectivity index (χ4v) is 0. The van der Waals surface area contributed by atoms with E-state index in [1.165, 1.54) is 0 Å². The van der Waals surface area contributed by atoms with Crippen molar-refractivity contribution in [1.29, 1.82) is 0 Å². The lowest BCUT2D eigenvalue weighted by atomic mass is 10.3. The van der Waals surface area contributed by atoms with Gasteiger partial charge in [-0.15, -0.1) is 0 Å². The molecule has 10 heavy (non-hydrogen) atoms. The Balaban J connectivity index is -0.000000245. The number of nitrogens with zero attached hydrogens (tertiary/aromatic N) is 2. The molecule has 0 aromatic carbocycles. The fourth-order valence-electron chi connectivity index (χ4n) is 0. The minimum atomic E-state index is -3.34. The summed E-state index contributed by atoms with van der Waals surface area (Å²) in [6.07, 6.45) is 0. The maximum absolute atomic E-state index is 10.4. The van der Waals surface area contributed by atoms with Crippen LogP contribution in [0, 0.1) is 0 Å². The minimum Gasteiger partial charge on any atom is -0.228 e. The van der Waals surface area contributed by atoms with Crippen LogP contribution in [-0.2, 0) is 10.0 Å². The molecule has 0 aromatic heterocycles. The number of hydrogen-bond donors (Lipinski definition) is 1. The molecule has 0 spiro atoms. The van der Waals surface area contributed by atoms with Gasteiger partial charge in [-0.1, -0.05) is 0 Å². The van der Waals surface area contributed by atoms with Crippen LogP contribution in [0.2, 0.25) is 0 Å². The van der Waals surface area contributed by atoms with Crippen molar-refractivity contribution in [2.24, 2.45) is 5.14 Å². The molecule has 2 N–H and O–H groups in total. The SMILES string of the molecule is CC(C)(C)S(N)(=O)=O.[N].[N]. The summed E-state index contributed by atoms with van der Waals surface area (Å²) < 4.78 is 20.0. The molecule has 5 nitrogen and oxygen atoms in total. The highest BCUT2D eigenvalue weighted by Crippen LogP contribution is 2.09. The van der Waals surface area contributed by atoms with Crippen molar-refractivity contribution in [1.82, 2.24) is 12.3 Å². The first kappa shape index (κ1) is 16.4. The second-order valence-corrected chi connectivity index (χ2v) is 4.97. The molecule has 0 amide bonds. The van der Waals surface area contributed by atoms with Crippen LogP contribution < -0.4 is 17.4 Å². The molecule has 0 aromatic rings. The summed E-state index contributed by atoms with van der Waals surface area (Å²) in [5.74, 6) is 0. The van der Waals surface area contributed by atoms with E-state index >= 15 is 0 Å². The van der Waals surface area contributed by atoms with Gasteiger partial charge in [0.2, 0.25) is 10.0 Å². The monoisotopic (exact) mass is 165 g/mol. The first-order valence-corrected chi connectivity index (χ1v) is 3.82. The highest BCUT2D eigenvalue weighted by Gasteiger charge is 2.23. The van der Waals surface area contributed by atoms with Crippen LogP contribution in [0.4, 0.5) is 0 Å². The standard InChI is InChI=1S/C4H11NO2S.2N/c1-4(2,3)8(5,6)7;;/h1-3H3,(H2,5,6,7);;. The van der Waals surface area contributed by atoms with E-state index < -0.39 is 14.8 Å². The second-order valence-electron chi connectivity index (χ2n) is 2.66. The first-order chi connectivity index (χ1) is 3.25. The predicted molar refractivity (Wildman–Crippen MR) is 37.1 cm³/mol. The molecule has 0 aliphatic rings. The fraction of sp³-hybridized carbons (Fsp3) is 1.00. The van der Waals surface area contributed by atoms with Gasteiger partial charge in [-0.05, 0) is 20.8 Å². The van der Waals surface area contributed by atoms with Crippen molar-refractivity contribution < 1.29 is 8.42 Å². The molecule has 0 atom stereocenters. The molecule has 0 aliphatic carbocycles. The number of hydrogen-bond acceptors (Lipinski definition) is 2. The third kappa shape index (κ3) is 4.68. The van der Waals surface area contributed by atoms with Crippen LogP contribution in [-0.4, -0.2) is 13.2 Å². The summed E-state index contributed by atoms with van der Waals surface area (Å²) in [6, 6.07) is 0. The lowest BCUT2D eigenvalue weighted by Gasteiger charge is -2.13. The Morgan fingerprint density at radius 3 is 1.20 bits per heavy atom. The van der Waals surface area contributed by atoms with Crippen LogP contribution in [0.1, 0.15) is 20.8 Å². The number of primary sulfonamides is 1. The first-order valence-electron chi connectivity index (χ1n) is 2.27. The Hall–Kier alpha value is -0.170. The van der Waals surface area contributed by atoms with Gasteiger partial charge in [-0.25, -0.2) is 13.6 Å². The van der Waals surface area contributed by atoms with E-state index in [9.17, 15) is 8.42 Å². The molecule has 0 saturated heterocycles. The molecular weight excluding hydrogens is 154 g/mol. The van der Waals surface area contributed by atoms with Crippen molar-refractivity contribution in [3.05, 3.63) is 0 Å². The quantitative estimate of drug-likeness (QED) is 0.500. The largest absolute Gasteiger partial charge is 0.228 e. The van der Waals surface area contributed by atoms with Gasteiger partial charge >= 0.3 is 0 Å². The molecule has 0 heterocycles. The van der Waals surface area contributed by atoms with Crippen molar-refractivity contribution in [2.45, 2.75) is 25.5 Å². The molecule has 0 unspecified atom stereocenters. The average molecular weight is 165 g/mol. The van der Waals surface area contributed by atoms with Crippen LogP contribution in [0.25, 0.3) is 0 Å². The van der Waals surface area contributed by atoms with E-state index in [1.807, 2.05) is 0 Å². The summed E-state index contributed by atoms with van der Waals surface area (Å²) >= 11 is 0. The maximum Gasteiger partial charge on any atom is 0.214 e. The summed E-state index contributed by atoms with van der Waals surface area (Å²) in [6.45, 7) is 4.67. The minimum absolute atomic E-state index is 0. The molecule has 60 valence electrons. The topological polar surface area (TPSA) is 121 Å². The average Bonchev–Trinajstić information content (AvgIpc) is 1.25. The zero-order valence-corrected chi connectivity index (χ0v) is 7.01. The molecule has 6 heteroatoms. The lowest BCUT2D eigenvalue weighted by molar-refractivity contribution is 0.562. The van der Waals surface area contributed by atoms with Gasteiger partial charge in [0.25, 0.3) is 0 Å². The highest BCUT2D eigenvalue weighted by atomic mass is 32.2. The smallest absolute Gasteiger partial charge is 0.214 e. The third-order valence-electron chi connectivity index (χ3n) is 0.854. The van der Waals surface area contributed by atoms with Crippen molar-refractivity contribution >= 4 is 10.0 Å². The van der Waals surface area contributed by atoms with Gasteiger partial charge in [0.1, 0.15) is 0 Å². The summed E-state index contributed by atoms with van der Waals surface area (Å²) in [7, 11) is -3.34. The molecule has 0 fully saturated rings. The van der Waals surface area contributed by atoms with E-state index in [2.05, 4.69) is 0 Å². The van der Waals surface area contributed by atoms with Gasteiger partial charge in [-0.3, -0.25) is 0 Å². The zero-order chi connectivity index (χ0) is 7.00. The summed E-state index contributed by atoms with van der Waals surface area (Å²) in [5.41, 5.74) is 0. The Bertz CT molecular complexity index is 167. The van der Waals surface area contributed by atoms with Gasteiger partial charge in [-0.2, -0.15) is 0 Å². The molecular formula is C4H11N3O2S. The van der Waals surface area contributed by atoms with Gasteiger partial charge < -0.3 is 0 Å². The van der Waals surface area contributed by atoms with Gasteiger partial charge in [0.05, 0.1) is 4.75 Å². The highest BCUT2D eigenvalue weighted by molar-refractivity contribution is 7.90. The second kappa shape index (κ2) is 3.87. The predicted octanol–water partition coefficient (Wildman–Crippen LogP) is -0.888.